The molecule has 0 radical (unpaired) electrons. The van der Waals surface area contributed by atoms with Gasteiger partial charge in [-0.2, -0.15) is 0 Å². The van der Waals surface area contributed by atoms with Gasteiger partial charge in [-0.05, 0) is 0 Å². The third kappa shape index (κ3) is 86.6. The monoisotopic (exact) mass is 134 g/mol. The first-order valence-corrected chi connectivity index (χ1v) is 1.95. The molecule has 0 bridgehead atoms. The summed E-state index contributed by atoms with van der Waals surface area (Å²) >= 11 is 0. The molecule has 6 heavy (non-hydrogen) atoms. The van der Waals surface area contributed by atoms with E-state index in [2.05, 4.69) is 0 Å². The van der Waals surface area contributed by atoms with Crippen LogP contribution in [0.25, 0.3) is 0 Å². The molecule has 2 N–H and O–H groups in total. The summed E-state index contributed by atoms with van der Waals surface area (Å²) in [7, 11) is -3.13. The maximum atomic E-state index is 8.74. The molecule has 0 saturated heterocycles. The van der Waals surface area contributed by atoms with E-state index in [1.165, 1.54) is 0 Å². The fourth-order valence-electron chi connectivity index (χ4n) is 0. The fraction of sp³-hybridized carbons (Fsp3) is 0. The van der Waals surface area contributed by atoms with Crippen molar-refractivity contribution >= 4 is 55.3 Å². The second-order valence-electron chi connectivity index (χ2n) is 0.283. The van der Waals surface area contributed by atoms with Gasteiger partial charge in [-0.25, -0.2) is 0 Å². The van der Waals surface area contributed by atoms with Crippen LogP contribution in [0.15, 0.2) is 0 Å². The van der Waals surface area contributed by atoms with Crippen LogP contribution in [0.1, 0.15) is 0 Å². The molecule has 0 aromatic heterocycles. The molecule has 34 valence electrons. The zero-order valence-electron chi connectivity index (χ0n) is 1.80. The van der Waals surface area contributed by atoms with Crippen LogP contribution in [0.2, 0.25) is 0 Å². The molecule has 0 atom stereocenters. The molecular weight excluding hydrogens is 127 g/mol. The number of hydrogen-bond acceptors (Lipinski definition) is 1. The van der Waals surface area contributed by atoms with Crippen molar-refractivity contribution in [2.24, 2.45) is 0 Å². The van der Waals surface area contributed by atoms with E-state index >= 15 is 0 Å². The predicted molar refractivity (Wildman–Crippen MR) is 29.4 cm³/mol. The van der Waals surface area contributed by atoms with Gasteiger partial charge in [0.2, 0.25) is 0 Å². The summed E-state index contributed by atoms with van der Waals surface area (Å²) < 4.78 is 8.74. The molecule has 0 aromatic rings. The summed E-state index contributed by atoms with van der Waals surface area (Å²) in [5, 5.41) is 0. The fourth-order valence-corrected chi connectivity index (χ4v) is 0. The Kier molecular flexibility index (Phi) is 24.6. The van der Waals surface area contributed by atoms with Gasteiger partial charge in [0.1, 0.15) is 0 Å². The van der Waals surface area contributed by atoms with Crippen molar-refractivity contribution in [3.63, 3.8) is 0 Å². The van der Waals surface area contributed by atoms with Crippen LogP contribution in [-0.2, 0) is 4.46 Å². The Morgan fingerprint density at radius 1 is 1.33 bits per heavy atom. The van der Waals surface area contributed by atoms with Gasteiger partial charge in [-0.15, -0.1) is 0 Å². The molecule has 0 aliphatic heterocycles. The summed E-state index contributed by atoms with van der Waals surface area (Å²) in [5.41, 5.74) is 0. The predicted octanol–water partition coefficient (Wildman–Crippen LogP) is -3.71. The zero-order valence-corrected chi connectivity index (χ0v) is 2.80. The van der Waals surface area contributed by atoms with Crippen LogP contribution in [-0.4, -0.2) is 64.9 Å². The molecule has 0 amide bonds. The third-order valence-electron chi connectivity index (χ3n) is 0. The normalized spacial score (nSPS) is 4.00. The van der Waals surface area contributed by atoms with E-state index in [4.69, 9.17) is 14.1 Å². The zero-order chi connectivity index (χ0) is 3.58. The van der Waals surface area contributed by atoms with E-state index in [1.807, 2.05) is 0 Å². The molecule has 0 unspecified atom stereocenters. The van der Waals surface area contributed by atoms with Gasteiger partial charge >= 0.3 is 46.9 Å². The first kappa shape index (κ1) is 15.8. The molecule has 0 aliphatic carbocycles. The Bertz CT molecular complexity index is 33.8. The second kappa shape index (κ2) is 9.34. The van der Waals surface area contributed by atoms with E-state index in [0.29, 0.717) is 0 Å². The average molecular weight is 134 g/mol. The van der Waals surface area contributed by atoms with E-state index in [1.54, 1.807) is 0 Å². The molecule has 0 aliphatic rings. The van der Waals surface area contributed by atoms with Crippen LogP contribution in [0.5, 0.6) is 0 Å². The minimum absolute atomic E-state index is 0. The standard InChI is InChI=1S/BH3.Ca.H2O3Si.2H/c;;1-4(2)3;;/h1H3;;1-2H;;. The van der Waals surface area contributed by atoms with Gasteiger partial charge < -0.3 is 9.59 Å². The molecule has 0 saturated carbocycles. The van der Waals surface area contributed by atoms with Crippen molar-refractivity contribution in [1.29, 1.82) is 0 Å². The summed E-state index contributed by atoms with van der Waals surface area (Å²) in [6.45, 7) is 0. The summed E-state index contributed by atoms with van der Waals surface area (Å²) in [4.78, 5) is 14.3. The summed E-state index contributed by atoms with van der Waals surface area (Å²) in [6.07, 6.45) is 0. The van der Waals surface area contributed by atoms with Gasteiger partial charge in [-0.1, -0.05) is 0 Å². The van der Waals surface area contributed by atoms with Gasteiger partial charge in [0.05, 0.1) is 8.41 Å². The average Bonchev–Trinajstić information content (AvgIpc) is 0.811. The van der Waals surface area contributed by atoms with E-state index in [-0.39, 0.29) is 46.2 Å². The maximum absolute atomic E-state index is 8.74. The van der Waals surface area contributed by atoms with Gasteiger partial charge in [-0.3, -0.25) is 4.46 Å². The van der Waals surface area contributed by atoms with Crippen molar-refractivity contribution < 1.29 is 14.1 Å². The van der Waals surface area contributed by atoms with Crippen LogP contribution >= 0.6 is 0 Å². The van der Waals surface area contributed by atoms with Crippen LogP contribution in [0, 0.1) is 0 Å². The van der Waals surface area contributed by atoms with Crippen molar-refractivity contribution in [3.8, 4) is 0 Å². The van der Waals surface area contributed by atoms with E-state index < -0.39 is 9.17 Å². The molecule has 0 rings (SSSR count). The van der Waals surface area contributed by atoms with Crippen LogP contribution in [0.3, 0.4) is 0 Å². The van der Waals surface area contributed by atoms with Gasteiger partial charge in [0.15, 0.2) is 0 Å². The first-order chi connectivity index (χ1) is 1.73. The minimum atomic E-state index is -3.13. The quantitative estimate of drug-likeness (QED) is 0.335. The number of hydrogen-bond donors (Lipinski definition) is 2. The summed E-state index contributed by atoms with van der Waals surface area (Å²) in [5.74, 6) is 0. The molecular formula is H7BCaO3Si. The Morgan fingerprint density at radius 3 is 1.33 bits per heavy atom. The molecule has 6 heteroatoms. The van der Waals surface area contributed by atoms with Crippen molar-refractivity contribution in [1.82, 2.24) is 0 Å². The van der Waals surface area contributed by atoms with Crippen LogP contribution in [0.4, 0.5) is 0 Å². The molecule has 0 aromatic carbocycles. The van der Waals surface area contributed by atoms with E-state index in [9.17, 15) is 0 Å². The topological polar surface area (TPSA) is 57.5 Å². The Balaban J connectivity index is -0.0000000450. The van der Waals surface area contributed by atoms with Crippen molar-refractivity contribution in [3.05, 3.63) is 0 Å². The Morgan fingerprint density at radius 2 is 1.33 bits per heavy atom. The molecule has 0 fully saturated rings. The summed E-state index contributed by atoms with van der Waals surface area (Å²) in [6, 6.07) is 0. The molecule has 0 heterocycles. The molecule has 3 nitrogen and oxygen atoms in total. The van der Waals surface area contributed by atoms with Gasteiger partial charge in [0.25, 0.3) is 0 Å². The Hall–Kier alpha value is 0.942. The van der Waals surface area contributed by atoms with E-state index in [0.717, 1.165) is 0 Å². The first-order valence-electron chi connectivity index (χ1n) is 0.651. The van der Waals surface area contributed by atoms with Crippen molar-refractivity contribution in [2.45, 2.75) is 0 Å². The number of rotatable bonds is 0. The van der Waals surface area contributed by atoms with Crippen LogP contribution < -0.4 is 0 Å². The Labute approximate surface area is 68.9 Å². The van der Waals surface area contributed by atoms with Crippen molar-refractivity contribution in [2.75, 3.05) is 0 Å². The SMILES string of the molecule is B.O=[Si](O)O.[CaH2]. The molecule has 0 spiro atoms. The van der Waals surface area contributed by atoms with Gasteiger partial charge in [0, 0.05) is 0 Å². The third-order valence-corrected chi connectivity index (χ3v) is 0. The second-order valence-corrected chi connectivity index (χ2v) is 0.848.